The number of hydrogen-bond donors (Lipinski definition) is 1. The van der Waals surface area contributed by atoms with Gasteiger partial charge in [0.2, 0.25) is 0 Å². The molecule has 0 fully saturated rings. The van der Waals surface area contributed by atoms with Crippen LogP contribution in [0.4, 0.5) is 16.5 Å². The molecule has 0 aliphatic heterocycles. The van der Waals surface area contributed by atoms with E-state index in [9.17, 15) is 14.9 Å². The van der Waals surface area contributed by atoms with E-state index in [1.165, 1.54) is 17.4 Å². The number of nitro groups is 1. The second-order valence-electron chi connectivity index (χ2n) is 6.21. The van der Waals surface area contributed by atoms with E-state index in [1.54, 1.807) is 37.3 Å². The van der Waals surface area contributed by atoms with Crippen LogP contribution in [0.2, 0.25) is 5.02 Å². The molecule has 7 nitrogen and oxygen atoms in total. The summed E-state index contributed by atoms with van der Waals surface area (Å²) in [5.41, 5.74) is 1.47. The van der Waals surface area contributed by atoms with Gasteiger partial charge in [0.05, 0.1) is 4.92 Å². The van der Waals surface area contributed by atoms with E-state index in [2.05, 4.69) is 10.3 Å². The molecule has 1 heterocycles. The molecule has 0 aliphatic rings. The van der Waals surface area contributed by atoms with E-state index < -0.39 is 10.8 Å². The molecule has 0 saturated carbocycles. The molecule has 2 aromatic carbocycles. The molecule has 0 bridgehead atoms. The molecule has 0 unspecified atom stereocenters. The number of benzene rings is 2. The predicted molar refractivity (Wildman–Crippen MR) is 112 cm³/mol. The van der Waals surface area contributed by atoms with E-state index in [-0.39, 0.29) is 11.3 Å². The van der Waals surface area contributed by atoms with E-state index >= 15 is 0 Å². The molecule has 3 aromatic rings. The molecule has 144 valence electrons. The highest BCUT2D eigenvalue weighted by atomic mass is 35.5. The number of carbonyl (C=O) groups excluding carboxylic acids is 1. The van der Waals surface area contributed by atoms with Crippen LogP contribution in [-0.4, -0.2) is 29.9 Å². The van der Waals surface area contributed by atoms with Crippen LogP contribution >= 0.6 is 22.9 Å². The van der Waals surface area contributed by atoms with Crippen LogP contribution in [-0.2, 0) is 6.42 Å². The molecule has 28 heavy (non-hydrogen) atoms. The van der Waals surface area contributed by atoms with Gasteiger partial charge in [-0.2, -0.15) is 0 Å². The highest BCUT2D eigenvalue weighted by Crippen LogP contribution is 2.29. The van der Waals surface area contributed by atoms with Crippen molar-refractivity contribution in [2.75, 3.05) is 24.3 Å². The van der Waals surface area contributed by atoms with Crippen molar-refractivity contribution in [3.8, 4) is 0 Å². The summed E-state index contributed by atoms with van der Waals surface area (Å²) in [6.45, 7) is 0. The zero-order valence-electron chi connectivity index (χ0n) is 15.2. The maximum atomic E-state index is 12.5. The van der Waals surface area contributed by atoms with Crippen molar-refractivity contribution >= 4 is 45.4 Å². The number of amides is 1. The van der Waals surface area contributed by atoms with Crippen molar-refractivity contribution in [3.63, 3.8) is 0 Å². The van der Waals surface area contributed by atoms with Crippen molar-refractivity contribution in [3.05, 3.63) is 79.8 Å². The van der Waals surface area contributed by atoms with Gasteiger partial charge in [-0.25, -0.2) is 4.98 Å². The molecule has 0 radical (unpaired) electrons. The van der Waals surface area contributed by atoms with Crippen LogP contribution < -0.4 is 10.2 Å². The van der Waals surface area contributed by atoms with Crippen LogP contribution in [0.1, 0.15) is 20.8 Å². The van der Waals surface area contributed by atoms with E-state index in [0.717, 1.165) is 10.4 Å². The summed E-state index contributed by atoms with van der Waals surface area (Å²) < 4.78 is 0. The normalized spacial score (nSPS) is 10.5. The lowest BCUT2D eigenvalue weighted by Crippen LogP contribution is -2.14. The lowest BCUT2D eigenvalue weighted by Gasteiger charge is -2.13. The third-order valence-electron chi connectivity index (χ3n) is 4.01. The van der Waals surface area contributed by atoms with Crippen LogP contribution in [0.3, 0.4) is 0 Å². The number of aromatic nitrogens is 1. The van der Waals surface area contributed by atoms with Crippen molar-refractivity contribution in [2.24, 2.45) is 0 Å². The standard InChI is InChI=1S/C19H17ClN4O3S/c1-23(2)16-8-7-13(10-17(16)24(26)27)18(25)22-19-21-11-14(28-19)9-12-5-3-4-6-15(12)20/h3-8,10-11H,9H2,1-2H3,(H,21,22,25). The number of carbonyl (C=O) groups is 1. The van der Waals surface area contributed by atoms with Gasteiger partial charge in [0.15, 0.2) is 5.13 Å². The summed E-state index contributed by atoms with van der Waals surface area (Å²) in [6.07, 6.45) is 2.29. The Morgan fingerprint density at radius 1 is 1.29 bits per heavy atom. The summed E-state index contributed by atoms with van der Waals surface area (Å²) >= 11 is 7.51. The first kappa shape index (κ1) is 19.8. The van der Waals surface area contributed by atoms with Crippen LogP contribution in [0.25, 0.3) is 0 Å². The number of nitro benzene ring substituents is 1. The van der Waals surface area contributed by atoms with Crippen molar-refractivity contribution in [1.82, 2.24) is 4.98 Å². The highest BCUT2D eigenvalue weighted by Gasteiger charge is 2.19. The maximum Gasteiger partial charge on any atom is 0.293 e. The summed E-state index contributed by atoms with van der Waals surface area (Å²) in [4.78, 5) is 30.1. The fraction of sp³-hybridized carbons (Fsp3) is 0.158. The van der Waals surface area contributed by atoms with Gasteiger partial charge < -0.3 is 4.90 Å². The third-order valence-corrected chi connectivity index (χ3v) is 5.29. The summed E-state index contributed by atoms with van der Waals surface area (Å²) in [6, 6.07) is 11.9. The highest BCUT2D eigenvalue weighted by molar-refractivity contribution is 7.15. The van der Waals surface area contributed by atoms with E-state index in [4.69, 9.17) is 11.6 Å². The lowest BCUT2D eigenvalue weighted by molar-refractivity contribution is -0.384. The molecular formula is C19H17ClN4O3S. The van der Waals surface area contributed by atoms with Crippen LogP contribution in [0.15, 0.2) is 48.7 Å². The Morgan fingerprint density at radius 3 is 2.71 bits per heavy atom. The molecule has 1 amide bonds. The summed E-state index contributed by atoms with van der Waals surface area (Å²) in [5, 5.41) is 15.1. The zero-order chi connectivity index (χ0) is 20.3. The first-order valence-corrected chi connectivity index (χ1v) is 9.50. The molecular weight excluding hydrogens is 400 g/mol. The summed E-state index contributed by atoms with van der Waals surface area (Å²) in [5.74, 6) is -0.452. The topological polar surface area (TPSA) is 88.4 Å². The first-order chi connectivity index (χ1) is 13.3. The molecule has 1 N–H and O–H groups in total. The van der Waals surface area contributed by atoms with Gasteiger partial charge in [-0.3, -0.25) is 20.2 Å². The van der Waals surface area contributed by atoms with Gasteiger partial charge in [0.25, 0.3) is 11.6 Å². The third kappa shape index (κ3) is 4.47. The Hall–Kier alpha value is -2.97. The Bertz CT molecular complexity index is 1040. The Morgan fingerprint density at radius 2 is 2.04 bits per heavy atom. The lowest BCUT2D eigenvalue weighted by atomic mass is 10.1. The van der Waals surface area contributed by atoms with Crippen LogP contribution in [0.5, 0.6) is 0 Å². The zero-order valence-corrected chi connectivity index (χ0v) is 16.8. The number of hydrogen-bond acceptors (Lipinski definition) is 6. The average Bonchev–Trinajstić information content (AvgIpc) is 3.09. The van der Waals surface area contributed by atoms with Gasteiger partial charge >= 0.3 is 0 Å². The average molecular weight is 417 g/mol. The quantitative estimate of drug-likeness (QED) is 0.468. The number of thiazole rings is 1. The largest absolute Gasteiger partial charge is 0.372 e. The van der Waals surface area contributed by atoms with Crippen molar-refractivity contribution in [2.45, 2.75) is 6.42 Å². The number of rotatable bonds is 6. The second-order valence-corrected chi connectivity index (χ2v) is 7.73. The molecule has 0 saturated heterocycles. The Balaban J connectivity index is 1.75. The number of nitrogens with zero attached hydrogens (tertiary/aromatic N) is 3. The summed E-state index contributed by atoms with van der Waals surface area (Å²) in [7, 11) is 3.41. The molecule has 0 spiro atoms. The SMILES string of the molecule is CN(C)c1ccc(C(=O)Nc2ncc(Cc3ccccc3Cl)s2)cc1[N+](=O)[O-]. The van der Waals surface area contributed by atoms with Gasteiger partial charge in [-0.1, -0.05) is 29.8 Å². The molecule has 9 heteroatoms. The van der Waals surface area contributed by atoms with E-state index in [0.29, 0.717) is 22.3 Å². The fourth-order valence-electron chi connectivity index (χ4n) is 2.63. The fourth-order valence-corrected chi connectivity index (χ4v) is 3.67. The van der Waals surface area contributed by atoms with Gasteiger partial charge in [-0.05, 0) is 23.8 Å². The maximum absolute atomic E-state index is 12.5. The smallest absolute Gasteiger partial charge is 0.293 e. The minimum atomic E-state index is -0.503. The monoisotopic (exact) mass is 416 g/mol. The predicted octanol–water partition coefficient (Wildman–Crippen LogP) is 4.61. The van der Waals surface area contributed by atoms with Gasteiger partial charge in [0, 0.05) is 48.2 Å². The number of anilines is 2. The molecule has 1 aromatic heterocycles. The number of halogens is 1. The number of nitrogens with one attached hydrogen (secondary N) is 1. The molecule has 0 atom stereocenters. The Kier molecular flexibility index (Phi) is 5.91. The molecule has 0 aliphatic carbocycles. The second kappa shape index (κ2) is 8.37. The van der Waals surface area contributed by atoms with Gasteiger partial charge in [0.1, 0.15) is 5.69 Å². The van der Waals surface area contributed by atoms with E-state index in [1.807, 2.05) is 24.3 Å². The van der Waals surface area contributed by atoms with Crippen molar-refractivity contribution < 1.29 is 9.72 Å². The molecule has 3 rings (SSSR count). The Labute approximate surface area is 170 Å². The van der Waals surface area contributed by atoms with Crippen LogP contribution in [0, 0.1) is 10.1 Å². The van der Waals surface area contributed by atoms with Gasteiger partial charge in [-0.15, -0.1) is 11.3 Å². The first-order valence-electron chi connectivity index (χ1n) is 8.30. The van der Waals surface area contributed by atoms with Crippen molar-refractivity contribution in [1.29, 1.82) is 0 Å². The minimum absolute atomic E-state index is 0.129. The minimum Gasteiger partial charge on any atom is -0.372 e.